The van der Waals surface area contributed by atoms with Gasteiger partial charge in [0.15, 0.2) is 5.11 Å². The van der Waals surface area contributed by atoms with Crippen LogP contribution in [0.15, 0.2) is 28.7 Å². The number of nitrogens with one attached hydrogen (secondary N) is 2. The molecule has 22 heavy (non-hydrogen) atoms. The van der Waals surface area contributed by atoms with Crippen LogP contribution in [0.4, 0.5) is 13.2 Å². The predicted molar refractivity (Wildman–Crippen MR) is 86.3 cm³/mol. The summed E-state index contributed by atoms with van der Waals surface area (Å²) in [6, 6.07) is 7.09. The van der Waals surface area contributed by atoms with Gasteiger partial charge in [-0.05, 0) is 50.7 Å². The number of halogens is 4. The number of rotatable bonds is 3. The highest BCUT2D eigenvalue weighted by Crippen LogP contribution is 2.37. The lowest BCUT2D eigenvalue weighted by atomic mass is 9.92. The summed E-state index contributed by atoms with van der Waals surface area (Å²) in [4.78, 5) is 11.7. The highest BCUT2D eigenvalue weighted by atomic mass is 79.9. The molecular formula is C14H16BrF3N2OS. The number of carbonyl (C=O) groups excluding carboxylic acids is 1. The Morgan fingerprint density at radius 3 is 2.18 bits per heavy atom. The third kappa shape index (κ3) is 4.67. The van der Waals surface area contributed by atoms with Crippen LogP contribution in [0.25, 0.3) is 0 Å². The average Bonchev–Trinajstić information content (AvgIpc) is 2.37. The van der Waals surface area contributed by atoms with Crippen molar-refractivity contribution in [3.05, 3.63) is 34.3 Å². The molecule has 1 atom stereocenters. The Balaban J connectivity index is 2.67. The fourth-order valence-corrected chi connectivity index (χ4v) is 1.99. The van der Waals surface area contributed by atoms with Gasteiger partial charge in [0.2, 0.25) is 5.91 Å². The first-order valence-corrected chi connectivity index (χ1v) is 7.59. The summed E-state index contributed by atoms with van der Waals surface area (Å²) >= 11 is 8.21. The minimum Gasteiger partial charge on any atom is -0.356 e. The van der Waals surface area contributed by atoms with E-state index in [1.165, 1.54) is 0 Å². The maximum Gasteiger partial charge on any atom is 0.402 e. The molecular weight excluding hydrogens is 381 g/mol. The van der Waals surface area contributed by atoms with Crippen LogP contribution in [0, 0.1) is 5.41 Å². The number of benzene rings is 1. The fraction of sp³-hybridized carbons (Fsp3) is 0.429. The van der Waals surface area contributed by atoms with Crippen molar-refractivity contribution in [3.8, 4) is 0 Å². The lowest BCUT2D eigenvalue weighted by Gasteiger charge is -2.27. The molecule has 0 aliphatic rings. The van der Waals surface area contributed by atoms with Gasteiger partial charge in [-0.2, -0.15) is 13.2 Å². The first-order chi connectivity index (χ1) is 9.95. The van der Waals surface area contributed by atoms with Gasteiger partial charge in [-0.25, -0.2) is 0 Å². The lowest BCUT2D eigenvalue weighted by molar-refractivity contribution is -0.210. The average molecular weight is 397 g/mol. The quantitative estimate of drug-likeness (QED) is 0.755. The van der Waals surface area contributed by atoms with Crippen molar-refractivity contribution in [2.45, 2.75) is 33.0 Å². The third-order valence-electron chi connectivity index (χ3n) is 3.22. The highest BCUT2D eigenvalue weighted by molar-refractivity contribution is 9.10. The monoisotopic (exact) mass is 396 g/mol. The number of amides is 1. The molecule has 0 fully saturated rings. The maximum absolute atomic E-state index is 12.8. The summed E-state index contributed by atoms with van der Waals surface area (Å²) in [7, 11) is 0. The summed E-state index contributed by atoms with van der Waals surface area (Å²) in [5, 5.41) is 4.74. The molecule has 1 amide bonds. The Morgan fingerprint density at radius 1 is 1.23 bits per heavy atom. The molecule has 8 heteroatoms. The molecule has 0 unspecified atom stereocenters. The van der Waals surface area contributed by atoms with Gasteiger partial charge in [-0.1, -0.05) is 28.1 Å². The number of alkyl halides is 3. The van der Waals surface area contributed by atoms with Crippen molar-refractivity contribution < 1.29 is 18.0 Å². The summed E-state index contributed by atoms with van der Waals surface area (Å²) in [5.41, 5.74) is -1.63. The van der Waals surface area contributed by atoms with Crippen LogP contribution in [0.5, 0.6) is 0 Å². The van der Waals surface area contributed by atoms with Crippen molar-refractivity contribution in [2.75, 3.05) is 0 Å². The molecule has 0 saturated carbocycles. The van der Waals surface area contributed by atoms with E-state index >= 15 is 0 Å². The minimum absolute atomic E-state index is 0.141. The second-order valence-electron chi connectivity index (χ2n) is 5.32. The molecule has 0 aliphatic heterocycles. The summed E-state index contributed by atoms with van der Waals surface area (Å²) < 4.78 is 39.2. The third-order valence-corrected chi connectivity index (χ3v) is 3.97. The van der Waals surface area contributed by atoms with Crippen LogP contribution < -0.4 is 10.6 Å². The zero-order chi connectivity index (χ0) is 17.1. The van der Waals surface area contributed by atoms with Crippen LogP contribution in [0.3, 0.4) is 0 Å². The number of thiocarbonyl (C=S) groups is 1. The van der Waals surface area contributed by atoms with Gasteiger partial charge in [0, 0.05) is 4.47 Å². The highest BCUT2D eigenvalue weighted by Gasteiger charge is 2.53. The van der Waals surface area contributed by atoms with Gasteiger partial charge in [-0.3, -0.25) is 4.79 Å². The molecule has 0 aromatic heterocycles. The second kappa shape index (κ2) is 6.95. The summed E-state index contributed by atoms with van der Waals surface area (Å²) in [5.74, 6) is -1.19. The predicted octanol–water partition coefficient (Wildman–Crippen LogP) is 4.09. The zero-order valence-corrected chi connectivity index (χ0v) is 14.6. The van der Waals surface area contributed by atoms with Crippen LogP contribution in [0.2, 0.25) is 0 Å². The Labute approximate surface area is 140 Å². The molecule has 3 nitrogen and oxygen atoms in total. The van der Waals surface area contributed by atoms with Crippen molar-refractivity contribution in [1.29, 1.82) is 0 Å². The topological polar surface area (TPSA) is 41.1 Å². The van der Waals surface area contributed by atoms with Crippen molar-refractivity contribution >= 4 is 39.2 Å². The normalized spacial score (nSPS) is 13.4. The molecule has 0 aliphatic carbocycles. The van der Waals surface area contributed by atoms with E-state index in [0.717, 1.165) is 23.9 Å². The van der Waals surface area contributed by atoms with Gasteiger partial charge in [0.05, 0.1) is 6.04 Å². The van der Waals surface area contributed by atoms with Gasteiger partial charge in [0.1, 0.15) is 5.41 Å². The second-order valence-corrected chi connectivity index (χ2v) is 6.65. The van der Waals surface area contributed by atoms with Crippen LogP contribution in [-0.4, -0.2) is 17.2 Å². The van der Waals surface area contributed by atoms with E-state index in [1.54, 1.807) is 6.92 Å². The molecule has 1 aromatic carbocycles. The lowest BCUT2D eigenvalue weighted by Crippen LogP contribution is -2.51. The Morgan fingerprint density at radius 2 is 1.73 bits per heavy atom. The van der Waals surface area contributed by atoms with Crippen LogP contribution >= 0.6 is 28.1 Å². The molecule has 1 rings (SSSR count). The minimum atomic E-state index is -4.65. The van der Waals surface area contributed by atoms with Crippen LogP contribution in [0.1, 0.15) is 32.4 Å². The van der Waals surface area contributed by atoms with Crippen molar-refractivity contribution in [2.24, 2.45) is 5.41 Å². The van der Waals surface area contributed by atoms with Gasteiger partial charge in [0.25, 0.3) is 0 Å². The fourth-order valence-electron chi connectivity index (χ4n) is 1.46. The standard InChI is InChI=1S/C14H16BrF3N2OS/c1-8(9-4-6-10(15)7-5-9)19-12(22)20-11(21)13(2,3)14(16,17)18/h4-8H,1-3H3,(H2,19,20,21,22)/t8-/m0/s1. The van der Waals surface area contributed by atoms with E-state index in [2.05, 4.69) is 26.6 Å². The van der Waals surface area contributed by atoms with E-state index in [-0.39, 0.29) is 11.2 Å². The maximum atomic E-state index is 12.8. The molecule has 2 N–H and O–H groups in total. The van der Waals surface area contributed by atoms with Gasteiger partial charge in [-0.15, -0.1) is 0 Å². The first kappa shape index (κ1) is 18.9. The molecule has 122 valence electrons. The largest absolute Gasteiger partial charge is 0.402 e. The van der Waals surface area contributed by atoms with E-state index in [0.29, 0.717) is 0 Å². The number of hydrogen-bond donors (Lipinski definition) is 2. The molecule has 0 bridgehead atoms. The van der Waals surface area contributed by atoms with E-state index in [1.807, 2.05) is 24.3 Å². The molecule has 0 saturated heterocycles. The SMILES string of the molecule is C[C@H](NC(=S)NC(=O)C(C)(C)C(F)(F)F)c1ccc(Br)cc1. The Hall–Kier alpha value is -1.15. The molecule has 0 spiro atoms. The molecule has 1 aromatic rings. The summed E-state index contributed by atoms with van der Waals surface area (Å²) in [6.07, 6.45) is -4.65. The van der Waals surface area contributed by atoms with Crippen molar-refractivity contribution in [1.82, 2.24) is 10.6 Å². The molecule has 0 heterocycles. The smallest absolute Gasteiger partial charge is 0.356 e. The Bertz CT molecular complexity index is 558. The van der Waals surface area contributed by atoms with E-state index in [9.17, 15) is 18.0 Å². The first-order valence-electron chi connectivity index (χ1n) is 6.39. The summed E-state index contributed by atoms with van der Waals surface area (Å²) in [6.45, 7) is 3.41. The van der Waals surface area contributed by atoms with Gasteiger partial charge < -0.3 is 10.6 Å². The Kier molecular flexibility index (Phi) is 5.97. The van der Waals surface area contributed by atoms with Crippen molar-refractivity contribution in [3.63, 3.8) is 0 Å². The number of hydrogen-bond acceptors (Lipinski definition) is 2. The number of carbonyl (C=O) groups is 1. The van der Waals surface area contributed by atoms with E-state index < -0.39 is 17.5 Å². The van der Waals surface area contributed by atoms with E-state index in [4.69, 9.17) is 12.2 Å². The van der Waals surface area contributed by atoms with Gasteiger partial charge >= 0.3 is 6.18 Å². The zero-order valence-electron chi connectivity index (χ0n) is 12.2. The molecule has 0 radical (unpaired) electrons. The van der Waals surface area contributed by atoms with Crippen LogP contribution in [-0.2, 0) is 4.79 Å².